The van der Waals surface area contributed by atoms with Gasteiger partial charge >= 0.3 is 0 Å². The van der Waals surface area contributed by atoms with E-state index < -0.39 is 0 Å². The maximum atomic E-state index is 4.65. The average Bonchev–Trinajstić information content (AvgIpc) is 2.83. The smallest absolute Gasteiger partial charge is 0.191 e. The molecular formula is C16H26IN5. The molecule has 122 valence electrons. The van der Waals surface area contributed by atoms with Crippen LogP contribution in [0.3, 0.4) is 0 Å². The molecular weight excluding hydrogens is 389 g/mol. The van der Waals surface area contributed by atoms with E-state index in [-0.39, 0.29) is 24.0 Å². The number of imidazole rings is 1. The SMILES string of the molecule is CCCCCNC(=NC)NCc1nc2ccccc2n1C.I. The lowest BCUT2D eigenvalue weighted by atomic mass is 10.2. The van der Waals surface area contributed by atoms with Crippen molar-refractivity contribution < 1.29 is 0 Å². The van der Waals surface area contributed by atoms with E-state index in [1.165, 1.54) is 19.3 Å². The van der Waals surface area contributed by atoms with E-state index in [0.29, 0.717) is 6.54 Å². The number of para-hydroxylation sites is 2. The van der Waals surface area contributed by atoms with Gasteiger partial charge in [0.15, 0.2) is 5.96 Å². The Bertz CT molecular complexity index is 606. The van der Waals surface area contributed by atoms with E-state index in [2.05, 4.69) is 38.2 Å². The van der Waals surface area contributed by atoms with Gasteiger partial charge in [-0.2, -0.15) is 0 Å². The monoisotopic (exact) mass is 415 g/mol. The highest BCUT2D eigenvalue weighted by atomic mass is 127. The van der Waals surface area contributed by atoms with Crippen molar-refractivity contribution in [1.82, 2.24) is 20.2 Å². The van der Waals surface area contributed by atoms with E-state index in [9.17, 15) is 0 Å². The molecule has 2 rings (SSSR count). The first-order chi connectivity index (χ1) is 10.3. The van der Waals surface area contributed by atoms with Crippen molar-refractivity contribution in [3.05, 3.63) is 30.1 Å². The van der Waals surface area contributed by atoms with Crippen molar-refractivity contribution in [2.75, 3.05) is 13.6 Å². The highest BCUT2D eigenvalue weighted by molar-refractivity contribution is 14.0. The first-order valence-electron chi connectivity index (χ1n) is 7.61. The first kappa shape index (κ1) is 18.7. The van der Waals surface area contributed by atoms with Crippen molar-refractivity contribution in [2.45, 2.75) is 32.7 Å². The van der Waals surface area contributed by atoms with Crippen molar-refractivity contribution in [3.8, 4) is 0 Å². The highest BCUT2D eigenvalue weighted by Crippen LogP contribution is 2.13. The molecule has 0 saturated carbocycles. The predicted octanol–water partition coefficient (Wildman–Crippen LogP) is 3.05. The molecule has 0 aliphatic rings. The van der Waals surface area contributed by atoms with Gasteiger partial charge in [0.1, 0.15) is 5.82 Å². The summed E-state index contributed by atoms with van der Waals surface area (Å²) >= 11 is 0. The molecule has 0 fully saturated rings. The molecule has 2 N–H and O–H groups in total. The summed E-state index contributed by atoms with van der Waals surface area (Å²) < 4.78 is 2.12. The van der Waals surface area contributed by atoms with Crippen LogP contribution >= 0.6 is 24.0 Å². The molecule has 1 aromatic carbocycles. The zero-order valence-corrected chi connectivity index (χ0v) is 15.9. The number of aromatic nitrogens is 2. The van der Waals surface area contributed by atoms with Gasteiger partial charge in [-0.25, -0.2) is 4.98 Å². The minimum absolute atomic E-state index is 0. The van der Waals surface area contributed by atoms with Crippen LogP contribution < -0.4 is 10.6 Å². The standard InChI is InChI=1S/C16H25N5.HI/c1-4-5-8-11-18-16(17-2)19-12-15-20-13-9-6-7-10-14(13)21(15)3;/h6-7,9-10H,4-5,8,11-12H2,1-3H3,(H2,17,18,19);1H. The quantitative estimate of drug-likeness (QED) is 0.330. The number of hydrogen-bond acceptors (Lipinski definition) is 2. The maximum absolute atomic E-state index is 4.65. The summed E-state index contributed by atoms with van der Waals surface area (Å²) in [5, 5.41) is 6.65. The number of hydrogen-bond donors (Lipinski definition) is 2. The molecule has 22 heavy (non-hydrogen) atoms. The zero-order valence-electron chi connectivity index (χ0n) is 13.6. The number of benzene rings is 1. The number of nitrogens with one attached hydrogen (secondary N) is 2. The van der Waals surface area contributed by atoms with Gasteiger partial charge in [-0.15, -0.1) is 24.0 Å². The second-order valence-corrected chi connectivity index (χ2v) is 5.14. The van der Waals surface area contributed by atoms with Crippen molar-refractivity contribution in [1.29, 1.82) is 0 Å². The normalized spacial score (nSPS) is 11.3. The Balaban J connectivity index is 0.00000242. The molecule has 0 atom stereocenters. The van der Waals surface area contributed by atoms with Gasteiger partial charge in [-0.1, -0.05) is 31.9 Å². The first-order valence-corrected chi connectivity index (χ1v) is 7.61. The fraction of sp³-hybridized carbons (Fsp3) is 0.500. The van der Waals surface area contributed by atoms with Gasteiger partial charge in [0.2, 0.25) is 0 Å². The van der Waals surface area contributed by atoms with E-state index in [4.69, 9.17) is 0 Å². The summed E-state index contributed by atoms with van der Waals surface area (Å²) in [5.41, 5.74) is 2.18. The highest BCUT2D eigenvalue weighted by Gasteiger charge is 2.07. The molecule has 0 radical (unpaired) electrons. The Morgan fingerprint density at radius 3 is 2.68 bits per heavy atom. The lowest BCUT2D eigenvalue weighted by molar-refractivity contribution is 0.676. The van der Waals surface area contributed by atoms with Gasteiger partial charge in [-0.05, 0) is 18.6 Å². The molecule has 1 aromatic heterocycles. The maximum Gasteiger partial charge on any atom is 0.191 e. The Labute approximate surface area is 149 Å². The summed E-state index contributed by atoms with van der Waals surface area (Å²) in [6.45, 7) is 3.83. The van der Waals surface area contributed by atoms with E-state index >= 15 is 0 Å². The molecule has 0 amide bonds. The van der Waals surface area contributed by atoms with Gasteiger partial charge in [-0.3, -0.25) is 4.99 Å². The van der Waals surface area contributed by atoms with Crippen LogP contribution in [0.1, 0.15) is 32.0 Å². The number of aryl methyl sites for hydroxylation is 1. The van der Waals surface area contributed by atoms with Gasteiger partial charge in [0.25, 0.3) is 0 Å². The number of guanidine groups is 1. The third kappa shape index (κ3) is 4.86. The predicted molar refractivity (Wildman–Crippen MR) is 104 cm³/mol. The van der Waals surface area contributed by atoms with Gasteiger partial charge in [0, 0.05) is 20.6 Å². The minimum atomic E-state index is 0. The Hall–Kier alpha value is -1.31. The largest absolute Gasteiger partial charge is 0.356 e. The molecule has 0 unspecified atom stereocenters. The van der Waals surface area contributed by atoms with Crippen LogP contribution in [0.4, 0.5) is 0 Å². The van der Waals surface area contributed by atoms with Crippen LogP contribution in [-0.2, 0) is 13.6 Å². The second-order valence-electron chi connectivity index (χ2n) is 5.14. The van der Waals surface area contributed by atoms with E-state index in [1.807, 2.05) is 25.2 Å². The van der Waals surface area contributed by atoms with Crippen molar-refractivity contribution >= 4 is 41.0 Å². The molecule has 6 heteroatoms. The lowest BCUT2D eigenvalue weighted by Crippen LogP contribution is -2.37. The third-order valence-corrected chi connectivity index (χ3v) is 3.59. The number of fused-ring (bicyclic) bond motifs is 1. The Kier molecular flexibility index (Phi) is 8.22. The number of aliphatic imine (C=N–C) groups is 1. The van der Waals surface area contributed by atoms with E-state index in [1.54, 1.807) is 7.05 Å². The number of rotatable bonds is 6. The second kappa shape index (κ2) is 9.66. The van der Waals surface area contributed by atoms with Crippen LogP contribution in [0.2, 0.25) is 0 Å². The molecule has 5 nitrogen and oxygen atoms in total. The summed E-state index contributed by atoms with van der Waals surface area (Å²) in [6, 6.07) is 8.18. The number of halogens is 1. The summed E-state index contributed by atoms with van der Waals surface area (Å²) in [5.74, 6) is 1.84. The van der Waals surface area contributed by atoms with Crippen LogP contribution in [0, 0.1) is 0 Å². The fourth-order valence-electron chi connectivity index (χ4n) is 2.32. The summed E-state index contributed by atoms with van der Waals surface area (Å²) in [4.78, 5) is 8.89. The molecule has 0 aliphatic carbocycles. The summed E-state index contributed by atoms with van der Waals surface area (Å²) in [6.07, 6.45) is 3.64. The zero-order chi connectivity index (χ0) is 15.1. The molecule has 0 bridgehead atoms. The van der Waals surface area contributed by atoms with E-state index in [0.717, 1.165) is 29.4 Å². The lowest BCUT2D eigenvalue weighted by Gasteiger charge is -2.11. The van der Waals surface area contributed by atoms with Gasteiger partial charge < -0.3 is 15.2 Å². The fourth-order valence-corrected chi connectivity index (χ4v) is 2.32. The molecule has 1 heterocycles. The molecule has 2 aromatic rings. The van der Waals surface area contributed by atoms with Crippen LogP contribution in [-0.4, -0.2) is 29.1 Å². The Morgan fingerprint density at radius 2 is 2.00 bits per heavy atom. The molecule has 0 spiro atoms. The average molecular weight is 415 g/mol. The third-order valence-electron chi connectivity index (χ3n) is 3.59. The minimum Gasteiger partial charge on any atom is -0.356 e. The van der Waals surface area contributed by atoms with Gasteiger partial charge in [0.05, 0.1) is 17.6 Å². The van der Waals surface area contributed by atoms with Crippen molar-refractivity contribution in [2.24, 2.45) is 12.0 Å². The molecule has 0 aliphatic heterocycles. The number of nitrogens with zero attached hydrogens (tertiary/aromatic N) is 3. The molecule has 0 saturated heterocycles. The van der Waals surface area contributed by atoms with Crippen molar-refractivity contribution in [3.63, 3.8) is 0 Å². The topological polar surface area (TPSA) is 54.2 Å². The van der Waals surface area contributed by atoms with Crippen LogP contribution in [0.25, 0.3) is 11.0 Å². The van der Waals surface area contributed by atoms with Crippen LogP contribution in [0.15, 0.2) is 29.3 Å². The Morgan fingerprint density at radius 1 is 1.23 bits per heavy atom. The van der Waals surface area contributed by atoms with Crippen LogP contribution in [0.5, 0.6) is 0 Å². The summed E-state index contributed by atoms with van der Waals surface area (Å²) in [7, 11) is 3.84. The number of unbranched alkanes of at least 4 members (excludes halogenated alkanes) is 2.